The van der Waals surface area contributed by atoms with Gasteiger partial charge in [-0.3, -0.25) is 19.3 Å². The van der Waals surface area contributed by atoms with Crippen molar-refractivity contribution in [1.29, 1.82) is 0 Å². The van der Waals surface area contributed by atoms with Gasteiger partial charge in [-0.15, -0.1) is 0 Å². The molecule has 4 aliphatic heterocycles. The van der Waals surface area contributed by atoms with E-state index in [9.17, 15) is 27.6 Å². The zero-order chi connectivity index (χ0) is 33.0. The predicted molar refractivity (Wildman–Crippen MR) is 164 cm³/mol. The predicted octanol–water partition coefficient (Wildman–Crippen LogP) is 3.39. The maximum Gasteiger partial charge on any atom is 0.416 e. The van der Waals surface area contributed by atoms with Gasteiger partial charge in [0.2, 0.25) is 11.8 Å². The van der Waals surface area contributed by atoms with Crippen molar-refractivity contribution in [3.63, 3.8) is 0 Å². The number of para-hydroxylation sites is 1. The van der Waals surface area contributed by atoms with Gasteiger partial charge in [-0.1, -0.05) is 24.3 Å². The molecule has 2 bridgehead atoms. The van der Waals surface area contributed by atoms with E-state index >= 15 is 0 Å². The summed E-state index contributed by atoms with van der Waals surface area (Å²) in [5, 5.41) is 6.19. The Hall–Kier alpha value is -3.68. The molecule has 3 fully saturated rings. The van der Waals surface area contributed by atoms with Crippen molar-refractivity contribution in [1.82, 2.24) is 20.4 Å². The number of carbonyl (C=O) groups excluding carboxylic acids is 3. The molecule has 13 heteroatoms. The van der Waals surface area contributed by atoms with Crippen LogP contribution in [0.2, 0.25) is 0 Å². The second-order valence-electron chi connectivity index (χ2n) is 12.7. The van der Waals surface area contributed by atoms with E-state index in [2.05, 4.69) is 10.6 Å². The number of nitrogens with one attached hydrogen (secondary N) is 2. The van der Waals surface area contributed by atoms with E-state index in [0.717, 1.165) is 12.1 Å². The van der Waals surface area contributed by atoms with Gasteiger partial charge in [-0.25, -0.2) is 0 Å². The number of fused-ring (bicyclic) bond motifs is 4. The van der Waals surface area contributed by atoms with Gasteiger partial charge in [0.15, 0.2) is 0 Å². The first-order valence-corrected chi connectivity index (χ1v) is 16.4. The number of hydrogen-bond donors (Lipinski definition) is 2. The van der Waals surface area contributed by atoms with Gasteiger partial charge in [0.05, 0.1) is 36.0 Å². The smallest absolute Gasteiger partial charge is 0.416 e. The number of rotatable bonds is 4. The van der Waals surface area contributed by atoms with Crippen LogP contribution in [0.25, 0.3) is 0 Å². The highest BCUT2D eigenvalue weighted by molar-refractivity contribution is 6.00. The Labute approximate surface area is 271 Å². The molecule has 47 heavy (non-hydrogen) atoms. The highest BCUT2D eigenvalue weighted by Gasteiger charge is 2.39. The number of amides is 3. The van der Waals surface area contributed by atoms with Crippen LogP contribution in [-0.4, -0.2) is 97.8 Å². The number of piperazine rings is 1. The van der Waals surface area contributed by atoms with Crippen LogP contribution in [0.5, 0.6) is 5.75 Å². The summed E-state index contributed by atoms with van der Waals surface area (Å²) in [7, 11) is 0. The molecule has 0 radical (unpaired) electrons. The van der Waals surface area contributed by atoms with Crippen LogP contribution in [0.4, 0.5) is 13.2 Å². The van der Waals surface area contributed by atoms with Crippen LogP contribution in [0, 0.1) is 5.92 Å². The summed E-state index contributed by atoms with van der Waals surface area (Å²) < 4.78 is 57.3. The van der Waals surface area contributed by atoms with E-state index < -0.39 is 23.9 Å². The van der Waals surface area contributed by atoms with Crippen molar-refractivity contribution in [3.05, 3.63) is 65.2 Å². The lowest BCUT2D eigenvalue weighted by Crippen LogP contribution is -2.62. The van der Waals surface area contributed by atoms with Crippen molar-refractivity contribution in [2.24, 2.45) is 5.92 Å². The quantitative estimate of drug-likeness (QED) is 0.519. The second kappa shape index (κ2) is 14.6. The summed E-state index contributed by atoms with van der Waals surface area (Å²) in [4.78, 5) is 44.5. The molecule has 254 valence electrons. The summed E-state index contributed by atoms with van der Waals surface area (Å²) in [6.45, 7) is 2.73. The minimum atomic E-state index is -4.43. The number of carbonyl (C=O) groups is 3. The summed E-state index contributed by atoms with van der Waals surface area (Å²) in [5.41, 5.74) is 0.303. The molecular weight excluding hydrogens is 617 g/mol. The van der Waals surface area contributed by atoms with Crippen molar-refractivity contribution in [2.45, 2.75) is 69.1 Å². The maximum absolute atomic E-state index is 14.0. The Morgan fingerprint density at radius 3 is 2.47 bits per heavy atom. The first-order chi connectivity index (χ1) is 22.7. The van der Waals surface area contributed by atoms with E-state index in [4.69, 9.17) is 14.2 Å². The van der Waals surface area contributed by atoms with E-state index in [1.54, 1.807) is 29.2 Å². The fraction of sp³-hybridized carbons (Fsp3) is 0.559. The normalized spacial score (nSPS) is 26.7. The Bertz CT molecular complexity index is 1420. The molecule has 0 spiro atoms. The molecule has 0 saturated carbocycles. The molecule has 0 aromatic heterocycles. The molecular formula is C34H41F3N4O6. The van der Waals surface area contributed by atoms with Crippen LogP contribution >= 0.6 is 0 Å². The SMILES string of the molecule is O=C(N[C@@H]1CC[C@H]2CCOc3ccccc3C(=O)N3CCN(Cc4ccc(C(F)(F)F)cc4)C[C@H]3C(=O)NC[C@H]1O2)C1CCOCC1. The van der Waals surface area contributed by atoms with Crippen molar-refractivity contribution < 1.29 is 41.8 Å². The van der Waals surface area contributed by atoms with Crippen LogP contribution in [-0.2, 0) is 31.8 Å². The number of alkyl halides is 3. The summed E-state index contributed by atoms with van der Waals surface area (Å²) in [6, 6.07) is 10.8. The molecule has 2 aromatic carbocycles. The average molecular weight is 659 g/mol. The minimum Gasteiger partial charge on any atom is -0.493 e. The largest absolute Gasteiger partial charge is 0.493 e. The Kier molecular flexibility index (Phi) is 10.3. The highest BCUT2D eigenvalue weighted by atomic mass is 19.4. The van der Waals surface area contributed by atoms with Crippen molar-refractivity contribution >= 4 is 17.7 Å². The molecule has 2 N–H and O–H groups in total. The molecule has 3 saturated heterocycles. The Balaban J connectivity index is 1.21. The Morgan fingerprint density at radius 1 is 0.936 bits per heavy atom. The van der Waals surface area contributed by atoms with Gasteiger partial charge in [0, 0.05) is 58.3 Å². The number of hydrogen-bond acceptors (Lipinski definition) is 7. The number of halogens is 3. The fourth-order valence-corrected chi connectivity index (χ4v) is 6.84. The zero-order valence-electron chi connectivity index (χ0n) is 26.2. The maximum atomic E-state index is 14.0. The third-order valence-electron chi connectivity index (χ3n) is 9.54. The van der Waals surface area contributed by atoms with Crippen LogP contribution < -0.4 is 15.4 Å². The van der Waals surface area contributed by atoms with Crippen LogP contribution in [0.3, 0.4) is 0 Å². The van der Waals surface area contributed by atoms with E-state index in [1.807, 2.05) is 4.90 Å². The molecule has 10 nitrogen and oxygen atoms in total. The van der Waals surface area contributed by atoms with Gasteiger partial charge >= 0.3 is 6.18 Å². The van der Waals surface area contributed by atoms with Gasteiger partial charge in [-0.05, 0) is 55.5 Å². The van der Waals surface area contributed by atoms with Crippen molar-refractivity contribution in [2.75, 3.05) is 46.0 Å². The van der Waals surface area contributed by atoms with Crippen molar-refractivity contribution in [3.8, 4) is 5.75 Å². The molecule has 0 aliphatic carbocycles. The molecule has 6 rings (SSSR count). The molecule has 4 heterocycles. The highest BCUT2D eigenvalue weighted by Crippen LogP contribution is 2.30. The number of benzene rings is 2. The van der Waals surface area contributed by atoms with Gasteiger partial charge in [0.1, 0.15) is 11.8 Å². The van der Waals surface area contributed by atoms with Crippen LogP contribution in [0.1, 0.15) is 53.6 Å². The van der Waals surface area contributed by atoms with Crippen LogP contribution in [0.15, 0.2) is 48.5 Å². The molecule has 3 amide bonds. The Morgan fingerprint density at radius 2 is 1.70 bits per heavy atom. The first-order valence-electron chi connectivity index (χ1n) is 16.4. The van der Waals surface area contributed by atoms with Gasteiger partial charge in [0.25, 0.3) is 5.91 Å². The summed E-state index contributed by atoms with van der Waals surface area (Å²) in [6.07, 6.45) is -1.75. The van der Waals surface area contributed by atoms with Gasteiger partial charge in [-0.2, -0.15) is 13.2 Å². The molecule has 2 aromatic rings. The monoisotopic (exact) mass is 658 g/mol. The third-order valence-corrected chi connectivity index (χ3v) is 9.54. The lowest BCUT2D eigenvalue weighted by atomic mass is 9.94. The van der Waals surface area contributed by atoms with E-state index in [1.165, 1.54) is 12.1 Å². The second-order valence-corrected chi connectivity index (χ2v) is 12.7. The lowest BCUT2D eigenvalue weighted by Gasteiger charge is -2.42. The number of nitrogens with zero attached hydrogens (tertiary/aromatic N) is 2. The summed E-state index contributed by atoms with van der Waals surface area (Å²) in [5.74, 6) is -0.430. The van der Waals surface area contributed by atoms with Gasteiger partial charge < -0.3 is 29.7 Å². The third kappa shape index (κ3) is 8.07. The standard InChI is InChI=1S/C34H41F3N4O6/c35-34(36,37)24-7-5-22(6-8-24)20-40-14-15-41-28(21-40)32(43)38-19-30-27(39-31(42)23-11-16-45-17-12-23)10-9-25(47-30)13-18-46-29-4-2-1-3-26(29)33(41)44/h1-8,23,25,27-28,30H,9-21H2,(H,38,43)(H,39,42)/t25-,27+,28-,30+/m0/s1. The molecule has 0 unspecified atom stereocenters. The van der Waals surface area contributed by atoms with E-state index in [-0.39, 0.29) is 55.4 Å². The first kappa shape index (κ1) is 33.2. The molecule has 4 atom stereocenters. The minimum absolute atomic E-state index is 0.0334. The van der Waals surface area contributed by atoms with E-state index in [0.29, 0.717) is 81.9 Å². The zero-order valence-corrected chi connectivity index (χ0v) is 26.2. The molecule has 4 aliphatic rings. The fourth-order valence-electron chi connectivity index (χ4n) is 6.84. The lowest BCUT2D eigenvalue weighted by molar-refractivity contribution is -0.137. The summed E-state index contributed by atoms with van der Waals surface area (Å²) >= 11 is 0. The topological polar surface area (TPSA) is 109 Å². The number of ether oxygens (including phenoxy) is 3. The average Bonchev–Trinajstić information content (AvgIpc) is 3.08.